The first-order valence-corrected chi connectivity index (χ1v) is 8.28. The zero-order chi connectivity index (χ0) is 20.1. The molecule has 0 fully saturated rings. The minimum Gasteiger partial charge on any atom is -0.484 e. The van der Waals surface area contributed by atoms with Gasteiger partial charge in [-0.2, -0.15) is 18.3 Å². The molecule has 0 saturated carbocycles. The van der Waals surface area contributed by atoms with Crippen molar-refractivity contribution in [2.24, 2.45) is 5.10 Å². The Morgan fingerprint density at radius 1 is 1.00 bits per heavy atom. The molecule has 0 atom stereocenters. The first kappa shape index (κ1) is 20.5. The summed E-state index contributed by atoms with van der Waals surface area (Å²) < 4.78 is 42.8. The maximum atomic E-state index is 12.5. The number of benzene rings is 2. The highest BCUT2D eigenvalue weighted by atomic mass is 19.4. The Hall–Kier alpha value is -2.83. The van der Waals surface area contributed by atoms with Crippen LogP contribution in [0.15, 0.2) is 53.6 Å². The van der Waals surface area contributed by atoms with E-state index in [4.69, 9.17) is 4.74 Å². The quantitative estimate of drug-likeness (QED) is 0.614. The molecule has 0 saturated heterocycles. The van der Waals surface area contributed by atoms with Gasteiger partial charge in [-0.1, -0.05) is 45.0 Å². The van der Waals surface area contributed by atoms with Crippen molar-refractivity contribution in [3.63, 3.8) is 0 Å². The molecule has 7 heteroatoms. The predicted octanol–water partition coefficient (Wildman–Crippen LogP) is 4.53. The van der Waals surface area contributed by atoms with Crippen molar-refractivity contribution >= 4 is 12.1 Å². The molecule has 0 aliphatic rings. The molecule has 0 heterocycles. The number of amides is 1. The van der Waals surface area contributed by atoms with Crippen LogP contribution in [0.5, 0.6) is 5.75 Å². The number of alkyl halides is 3. The van der Waals surface area contributed by atoms with Crippen LogP contribution in [-0.4, -0.2) is 18.7 Å². The third-order valence-electron chi connectivity index (χ3n) is 3.73. The van der Waals surface area contributed by atoms with Crippen LogP contribution in [0.25, 0.3) is 0 Å². The number of halogens is 3. The van der Waals surface area contributed by atoms with Crippen molar-refractivity contribution in [1.29, 1.82) is 0 Å². The maximum absolute atomic E-state index is 12.5. The molecule has 0 bridgehead atoms. The van der Waals surface area contributed by atoms with Gasteiger partial charge in [0.05, 0.1) is 11.8 Å². The number of rotatable bonds is 5. The number of nitrogens with one attached hydrogen (secondary N) is 1. The molecule has 27 heavy (non-hydrogen) atoms. The molecule has 0 spiro atoms. The highest BCUT2D eigenvalue weighted by molar-refractivity contribution is 5.82. The highest BCUT2D eigenvalue weighted by Crippen LogP contribution is 2.28. The van der Waals surface area contributed by atoms with Gasteiger partial charge in [0.2, 0.25) is 0 Å². The van der Waals surface area contributed by atoms with Crippen molar-refractivity contribution in [2.45, 2.75) is 32.4 Å². The smallest absolute Gasteiger partial charge is 0.416 e. The standard InChI is InChI=1S/C20H21F3N2O2/c1-19(2,3)15-8-10-17(11-9-15)27-13-18(26)25-24-12-14-4-6-16(7-5-14)20(21,22)23/h4-12H,13H2,1-3H3,(H,25,26). The van der Waals surface area contributed by atoms with E-state index in [1.54, 1.807) is 12.1 Å². The van der Waals surface area contributed by atoms with Gasteiger partial charge < -0.3 is 4.74 Å². The summed E-state index contributed by atoms with van der Waals surface area (Å²) in [5, 5.41) is 3.71. The maximum Gasteiger partial charge on any atom is 0.416 e. The second kappa shape index (κ2) is 8.24. The fraction of sp³-hybridized carbons (Fsp3) is 0.300. The summed E-state index contributed by atoms with van der Waals surface area (Å²) in [5.74, 6) is 0.0860. The van der Waals surface area contributed by atoms with E-state index < -0.39 is 17.6 Å². The van der Waals surface area contributed by atoms with Gasteiger partial charge in [-0.05, 0) is 40.8 Å². The first-order chi connectivity index (χ1) is 12.6. The molecular formula is C20H21F3N2O2. The van der Waals surface area contributed by atoms with Crippen LogP contribution in [0.4, 0.5) is 13.2 Å². The van der Waals surface area contributed by atoms with Gasteiger partial charge in [0, 0.05) is 0 Å². The molecule has 4 nitrogen and oxygen atoms in total. The van der Waals surface area contributed by atoms with E-state index in [1.165, 1.54) is 18.3 Å². The minimum absolute atomic E-state index is 0.0307. The van der Waals surface area contributed by atoms with Crippen molar-refractivity contribution in [1.82, 2.24) is 5.43 Å². The number of hydrazone groups is 1. The SMILES string of the molecule is CC(C)(C)c1ccc(OCC(=O)NN=Cc2ccc(C(F)(F)F)cc2)cc1. The van der Waals surface area contributed by atoms with Gasteiger partial charge in [0.25, 0.3) is 5.91 Å². The largest absolute Gasteiger partial charge is 0.484 e. The summed E-state index contributed by atoms with van der Waals surface area (Å²) in [6.45, 7) is 6.08. The normalized spacial score (nSPS) is 12.2. The summed E-state index contributed by atoms with van der Waals surface area (Å²) in [7, 11) is 0. The van der Waals surface area contributed by atoms with Crippen molar-refractivity contribution in [3.05, 3.63) is 65.2 Å². The van der Waals surface area contributed by atoms with Crippen LogP contribution in [0.3, 0.4) is 0 Å². The second-order valence-corrected chi connectivity index (χ2v) is 6.98. The fourth-order valence-corrected chi connectivity index (χ4v) is 2.17. The minimum atomic E-state index is -4.38. The molecule has 1 amide bonds. The predicted molar refractivity (Wildman–Crippen MR) is 97.8 cm³/mol. The molecule has 2 rings (SSSR count). The molecule has 0 aromatic heterocycles. The molecule has 0 aliphatic heterocycles. The monoisotopic (exact) mass is 378 g/mol. The molecule has 2 aromatic rings. The molecule has 1 N–H and O–H groups in total. The molecule has 0 unspecified atom stereocenters. The Morgan fingerprint density at radius 2 is 1.56 bits per heavy atom. The lowest BCUT2D eigenvalue weighted by molar-refractivity contribution is -0.137. The topological polar surface area (TPSA) is 50.7 Å². The first-order valence-electron chi connectivity index (χ1n) is 8.28. The highest BCUT2D eigenvalue weighted by Gasteiger charge is 2.29. The molecule has 144 valence electrons. The average Bonchev–Trinajstić information content (AvgIpc) is 2.59. The van der Waals surface area contributed by atoms with Crippen LogP contribution in [0, 0.1) is 0 Å². The Morgan fingerprint density at radius 3 is 2.07 bits per heavy atom. The number of hydrogen-bond acceptors (Lipinski definition) is 3. The zero-order valence-electron chi connectivity index (χ0n) is 15.3. The van der Waals surface area contributed by atoms with E-state index in [1.807, 2.05) is 12.1 Å². The van der Waals surface area contributed by atoms with Crippen molar-refractivity contribution < 1.29 is 22.7 Å². The molecule has 0 radical (unpaired) electrons. The lowest BCUT2D eigenvalue weighted by Crippen LogP contribution is -2.24. The fourth-order valence-electron chi connectivity index (χ4n) is 2.17. The van der Waals surface area contributed by atoms with E-state index in [0.717, 1.165) is 17.7 Å². The van der Waals surface area contributed by atoms with E-state index in [2.05, 4.69) is 31.3 Å². The second-order valence-electron chi connectivity index (χ2n) is 6.98. The van der Waals surface area contributed by atoms with E-state index in [9.17, 15) is 18.0 Å². The average molecular weight is 378 g/mol. The van der Waals surface area contributed by atoms with Gasteiger partial charge >= 0.3 is 6.18 Å². The Kier molecular flexibility index (Phi) is 6.25. The van der Waals surface area contributed by atoms with Crippen molar-refractivity contribution in [2.75, 3.05) is 6.61 Å². The summed E-state index contributed by atoms with van der Waals surface area (Å²) in [6, 6.07) is 11.9. The van der Waals surface area contributed by atoms with E-state index in [0.29, 0.717) is 11.3 Å². The summed E-state index contributed by atoms with van der Waals surface area (Å²) >= 11 is 0. The Bertz CT molecular complexity index is 790. The van der Waals surface area contributed by atoms with Gasteiger partial charge in [-0.25, -0.2) is 5.43 Å². The van der Waals surface area contributed by atoms with Crippen LogP contribution >= 0.6 is 0 Å². The van der Waals surface area contributed by atoms with E-state index >= 15 is 0 Å². The number of hydrogen-bond donors (Lipinski definition) is 1. The molecule has 0 aliphatic carbocycles. The number of ether oxygens (including phenoxy) is 1. The van der Waals surface area contributed by atoms with Crippen LogP contribution in [0.2, 0.25) is 0 Å². The zero-order valence-corrected chi connectivity index (χ0v) is 15.3. The summed E-state index contributed by atoms with van der Waals surface area (Å²) in [6.07, 6.45) is -3.12. The van der Waals surface area contributed by atoms with Gasteiger partial charge in [0.15, 0.2) is 6.61 Å². The Labute approximate surface area is 156 Å². The van der Waals surface area contributed by atoms with Gasteiger partial charge in [-0.3, -0.25) is 4.79 Å². The van der Waals surface area contributed by atoms with Gasteiger partial charge in [0.1, 0.15) is 5.75 Å². The van der Waals surface area contributed by atoms with Gasteiger partial charge in [-0.15, -0.1) is 0 Å². The Balaban J connectivity index is 1.81. The van der Waals surface area contributed by atoms with Crippen molar-refractivity contribution in [3.8, 4) is 5.75 Å². The lowest BCUT2D eigenvalue weighted by atomic mass is 9.87. The third-order valence-corrected chi connectivity index (χ3v) is 3.73. The molecule has 2 aromatic carbocycles. The van der Waals surface area contributed by atoms with E-state index in [-0.39, 0.29) is 12.0 Å². The number of carbonyl (C=O) groups excluding carboxylic acids is 1. The number of nitrogens with zero attached hydrogens (tertiary/aromatic N) is 1. The lowest BCUT2D eigenvalue weighted by Gasteiger charge is -2.19. The summed E-state index contributed by atoms with van der Waals surface area (Å²) in [5.41, 5.74) is 3.14. The van der Waals surface area contributed by atoms with Crippen LogP contribution < -0.4 is 10.2 Å². The number of carbonyl (C=O) groups is 1. The van der Waals surface area contributed by atoms with Crippen LogP contribution in [-0.2, 0) is 16.4 Å². The third kappa shape index (κ3) is 6.44. The molecular weight excluding hydrogens is 357 g/mol. The summed E-state index contributed by atoms with van der Waals surface area (Å²) in [4.78, 5) is 11.7. The van der Waals surface area contributed by atoms with Crippen LogP contribution in [0.1, 0.15) is 37.5 Å².